The van der Waals surface area contributed by atoms with Gasteiger partial charge in [0.1, 0.15) is 6.29 Å². The van der Waals surface area contributed by atoms with Gasteiger partial charge in [-0.05, 0) is 43.9 Å². The van der Waals surface area contributed by atoms with Crippen molar-refractivity contribution in [1.29, 1.82) is 0 Å². The highest BCUT2D eigenvalue weighted by molar-refractivity contribution is 5.53. The summed E-state index contributed by atoms with van der Waals surface area (Å²) in [5, 5.41) is 0. The minimum atomic E-state index is 0.0549. The molecule has 0 N–H and O–H groups in total. The van der Waals surface area contributed by atoms with Crippen LogP contribution in [0.1, 0.15) is 52.4 Å². The van der Waals surface area contributed by atoms with Crippen LogP contribution in [0, 0.1) is 11.3 Å². The Labute approximate surface area is 92.4 Å². The third-order valence-electron chi connectivity index (χ3n) is 4.24. The first-order valence-corrected chi connectivity index (χ1v) is 6.15. The van der Waals surface area contributed by atoms with Gasteiger partial charge in [-0.3, -0.25) is 0 Å². The van der Waals surface area contributed by atoms with Gasteiger partial charge in [0.25, 0.3) is 0 Å². The van der Waals surface area contributed by atoms with Gasteiger partial charge in [-0.1, -0.05) is 13.8 Å². The molecule has 0 bridgehead atoms. The van der Waals surface area contributed by atoms with Crippen LogP contribution in [0.2, 0.25) is 0 Å². The molecule has 1 aliphatic heterocycles. The largest absolute Gasteiger partial charge is 0.375 e. The SMILES string of the molecule is CC1(C)CCC2(CC1)CC(C=O)CCO2. The summed E-state index contributed by atoms with van der Waals surface area (Å²) >= 11 is 0. The maximum absolute atomic E-state index is 10.9. The van der Waals surface area contributed by atoms with Crippen molar-refractivity contribution in [2.24, 2.45) is 11.3 Å². The number of hydrogen-bond acceptors (Lipinski definition) is 2. The van der Waals surface area contributed by atoms with Crippen LogP contribution >= 0.6 is 0 Å². The van der Waals surface area contributed by atoms with Crippen LogP contribution in [0.25, 0.3) is 0 Å². The third-order valence-corrected chi connectivity index (χ3v) is 4.24. The van der Waals surface area contributed by atoms with E-state index in [0.29, 0.717) is 5.41 Å². The van der Waals surface area contributed by atoms with E-state index in [-0.39, 0.29) is 11.5 Å². The quantitative estimate of drug-likeness (QED) is 0.622. The molecule has 0 aromatic carbocycles. The highest BCUT2D eigenvalue weighted by atomic mass is 16.5. The molecule has 1 saturated heterocycles. The smallest absolute Gasteiger partial charge is 0.123 e. The van der Waals surface area contributed by atoms with E-state index in [4.69, 9.17) is 4.74 Å². The molecular weight excluding hydrogens is 188 g/mol. The van der Waals surface area contributed by atoms with E-state index < -0.39 is 0 Å². The molecule has 1 heterocycles. The molecule has 1 saturated carbocycles. The summed E-state index contributed by atoms with van der Waals surface area (Å²) < 4.78 is 5.97. The molecule has 1 spiro atoms. The Balaban J connectivity index is 1.99. The molecule has 2 aliphatic rings. The maximum atomic E-state index is 10.9. The third kappa shape index (κ3) is 2.41. The second-order valence-corrected chi connectivity index (χ2v) is 6.08. The van der Waals surface area contributed by atoms with Crippen molar-refractivity contribution in [2.75, 3.05) is 6.61 Å². The van der Waals surface area contributed by atoms with Crippen molar-refractivity contribution >= 4 is 6.29 Å². The Morgan fingerprint density at radius 3 is 2.47 bits per heavy atom. The number of hydrogen-bond donors (Lipinski definition) is 0. The second kappa shape index (κ2) is 3.89. The van der Waals surface area contributed by atoms with Gasteiger partial charge in [0.2, 0.25) is 0 Å². The van der Waals surface area contributed by atoms with E-state index in [1.807, 2.05) is 0 Å². The normalized spacial score (nSPS) is 33.9. The van der Waals surface area contributed by atoms with Crippen LogP contribution in [-0.4, -0.2) is 18.5 Å². The van der Waals surface area contributed by atoms with Crippen molar-refractivity contribution in [3.05, 3.63) is 0 Å². The fourth-order valence-electron chi connectivity index (χ4n) is 2.91. The van der Waals surface area contributed by atoms with Crippen LogP contribution in [-0.2, 0) is 9.53 Å². The molecule has 86 valence electrons. The van der Waals surface area contributed by atoms with E-state index in [2.05, 4.69) is 13.8 Å². The molecule has 1 aliphatic carbocycles. The summed E-state index contributed by atoms with van der Waals surface area (Å²) in [6.07, 6.45) is 7.77. The molecule has 15 heavy (non-hydrogen) atoms. The first-order chi connectivity index (χ1) is 7.05. The van der Waals surface area contributed by atoms with Gasteiger partial charge >= 0.3 is 0 Å². The highest BCUT2D eigenvalue weighted by Gasteiger charge is 2.42. The lowest BCUT2D eigenvalue weighted by atomic mass is 9.67. The lowest BCUT2D eigenvalue weighted by Crippen LogP contribution is -2.44. The van der Waals surface area contributed by atoms with E-state index >= 15 is 0 Å². The highest BCUT2D eigenvalue weighted by Crippen LogP contribution is 2.46. The van der Waals surface area contributed by atoms with Gasteiger partial charge in [-0.25, -0.2) is 0 Å². The summed E-state index contributed by atoms with van der Waals surface area (Å²) in [4.78, 5) is 10.9. The first-order valence-electron chi connectivity index (χ1n) is 6.15. The number of rotatable bonds is 1. The standard InChI is InChI=1S/C13H22O2/c1-12(2)4-6-13(7-5-12)9-11(10-14)3-8-15-13/h10-11H,3-9H2,1-2H3. The minimum absolute atomic E-state index is 0.0549. The number of carbonyl (C=O) groups excluding carboxylic acids is 1. The Morgan fingerprint density at radius 2 is 1.87 bits per heavy atom. The Kier molecular flexibility index (Phi) is 2.89. The van der Waals surface area contributed by atoms with Crippen molar-refractivity contribution in [3.8, 4) is 0 Å². The van der Waals surface area contributed by atoms with Gasteiger partial charge in [0, 0.05) is 12.5 Å². The predicted octanol–water partition coefficient (Wildman–Crippen LogP) is 2.95. The Bertz CT molecular complexity index is 235. The van der Waals surface area contributed by atoms with Crippen LogP contribution in [0.15, 0.2) is 0 Å². The van der Waals surface area contributed by atoms with E-state index in [1.54, 1.807) is 0 Å². The molecule has 1 unspecified atom stereocenters. The van der Waals surface area contributed by atoms with Gasteiger partial charge in [0.05, 0.1) is 5.60 Å². The summed E-state index contributed by atoms with van der Waals surface area (Å²) in [5.41, 5.74) is 0.530. The predicted molar refractivity (Wildman–Crippen MR) is 59.7 cm³/mol. The van der Waals surface area contributed by atoms with E-state index in [9.17, 15) is 4.79 Å². The molecule has 2 nitrogen and oxygen atoms in total. The fourth-order valence-corrected chi connectivity index (χ4v) is 2.91. The summed E-state index contributed by atoms with van der Waals surface area (Å²) in [7, 11) is 0. The van der Waals surface area contributed by atoms with Crippen molar-refractivity contribution < 1.29 is 9.53 Å². The molecule has 0 aromatic rings. The Hall–Kier alpha value is -0.370. The Morgan fingerprint density at radius 1 is 1.20 bits per heavy atom. The second-order valence-electron chi connectivity index (χ2n) is 6.08. The lowest BCUT2D eigenvalue weighted by molar-refractivity contribution is -0.140. The zero-order valence-corrected chi connectivity index (χ0v) is 9.92. The average Bonchev–Trinajstić information content (AvgIpc) is 2.24. The van der Waals surface area contributed by atoms with E-state index in [0.717, 1.165) is 38.6 Å². The number of carbonyl (C=O) groups is 1. The van der Waals surface area contributed by atoms with Crippen LogP contribution < -0.4 is 0 Å². The summed E-state index contributed by atoms with van der Waals surface area (Å²) in [6, 6.07) is 0. The molecule has 2 heteroatoms. The summed E-state index contributed by atoms with van der Waals surface area (Å²) in [5.74, 6) is 0.250. The van der Waals surface area contributed by atoms with Gasteiger partial charge in [-0.2, -0.15) is 0 Å². The van der Waals surface area contributed by atoms with Crippen molar-refractivity contribution in [2.45, 2.75) is 58.0 Å². The first kappa shape index (κ1) is 11.1. The number of aldehydes is 1. The molecular formula is C13H22O2. The van der Waals surface area contributed by atoms with Gasteiger partial charge in [0.15, 0.2) is 0 Å². The van der Waals surface area contributed by atoms with Crippen LogP contribution in [0.5, 0.6) is 0 Å². The average molecular weight is 210 g/mol. The minimum Gasteiger partial charge on any atom is -0.375 e. The monoisotopic (exact) mass is 210 g/mol. The zero-order chi connectivity index (χ0) is 10.9. The molecule has 1 atom stereocenters. The fraction of sp³-hybridized carbons (Fsp3) is 0.923. The van der Waals surface area contributed by atoms with Crippen molar-refractivity contribution in [1.82, 2.24) is 0 Å². The molecule has 2 rings (SSSR count). The zero-order valence-electron chi connectivity index (χ0n) is 9.92. The molecule has 0 amide bonds. The summed E-state index contributed by atoms with van der Waals surface area (Å²) in [6.45, 7) is 5.45. The number of ether oxygens (including phenoxy) is 1. The lowest BCUT2D eigenvalue weighted by Gasteiger charge is -2.46. The van der Waals surface area contributed by atoms with Gasteiger partial charge in [-0.15, -0.1) is 0 Å². The maximum Gasteiger partial charge on any atom is 0.123 e. The van der Waals surface area contributed by atoms with Crippen LogP contribution in [0.3, 0.4) is 0 Å². The molecule has 0 radical (unpaired) electrons. The van der Waals surface area contributed by atoms with Crippen molar-refractivity contribution in [3.63, 3.8) is 0 Å². The van der Waals surface area contributed by atoms with E-state index in [1.165, 1.54) is 12.8 Å². The van der Waals surface area contributed by atoms with Gasteiger partial charge < -0.3 is 9.53 Å². The molecule has 2 fully saturated rings. The topological polar surface area (TPSA) is 26.3 Å². The molecule has 0 aromatic heterocycles. The van der Waals surface area contributed by atoms with Crippen LogP contribution in [0.4, 0.5) is 0 Å².